The number of hydrogen-bond acceptors (Lipinski definition) is 4. The van der Waals surface area contributed by atoms with Crippen LogP contribution in [0, 0.1) is 11.3 Å². The van der Waals surface area contributed by atoms with E-state index in [4.69, 9.17) is 9.68 Å². The van der Waals surface area contributed by atoms with E-state index < -0.39 is 0 Å². The molecular formula is C14H16N4O. The van der Waals surface area contributed by atoms with E-state index in [0.29, 0.717) is 11.8 Å². The van der Waals surface area contributed by atoms with Gasteiger partial charge < -0.3 is 8.98 Å². The molecular weight excluding hydrogens is 240 g/mol. The maximum atomic E-state index is 8.77. The Balaban J connectivity index is 1.64. The lowest BCUT2D eigenvalue weighted by molar-refractivity contribution is 0.207. The number of hydrogen-bond donors (Lipinski definition) is 0. The van der Waals surface area contributed by atoms with Gasteiger partial charge in [-0.15, -0.1) is 0 Å². The van der Waals surface area contributed by atoms with Crippen molar-refractivity contribution < 1.29 is 4.42 Å². The van der Waals surface area contributed by atoms with Crippen molar-refractivity contribution in [1.82, 2.24) is 14.5 Å². The van der Waals surface area contributed by atoms with Crippen LogP contribution in [0.3, 0.4) is 0 Å². The van der Waals surface area contributed by atoms with Gasteiger partial charge in [0.2, 0.25) is 5.76 Å². The monoisotopic (exact) mass is 256 g/mol. The Morgan fingerprint density at radius 2 is 2.42 bits per heavy atom. The first-order valence-electron chi connectivity index (χ1n) is 6.54. The standard InChI is InChI=1S/C14H16N4O/c15-8-13-3-4-14(19-13)10-18-6-1-2-12(18)9-17-7-5-16-11-17/h3-5,7,11-12H,1-2,6,9-10H2/t12-/m1/s1. The molecule has 0 aliphatic carbocycles. The van der Waals surface area contributed by atoms with Crippen LogP contribution in [0.2, 0.25) is 0 Å². The molecule has 2 aromatic heterocycles. The fraction of sp³-hybridized carbons (Fsp3) is 0.429. The molecule has 98 valence electrons. The van der Waals surface area contributed by atoms with E-state index in [1.807, 2.05) is 30.9 Å². The quantitative estimate of drug-likeness (QED) is 0.839. The summed E-state index contributed by atoms with van der Waals surface area (Å²) in [7, 11) is 0. The lowest BCUT2D eigenvalue weighted by Gasteiger charge is -2.23. The second-order valence-electron chi connectivity index (χ2n) is 4.90. The van der Waals surface area contributed by atoms with Crippen LogP contribution in [0.1, 0.15) is 24.4 Å². The van der Waals surface area contributed by atoms with Gasteiger partial charge in [-0.2, -0.15) is 5.26 Å². The van der Waals surface area contributed by atoms with Crippen LogP contribution in [-0.2, 0) is 13.1 Å². The molecule has 19 heavy (non-hydrogen) atoms. The molecule has 1 aliphatic heterocycles. The Labute approximate surface area is 112 Å². The molecule has 3 rings (SSSR count). The second kappa shape index (κ2) is 5.29. The Kier molecular flexibility index (Phi) is 3.34. The lowest BCUT2D eigenvalue weighted by Crippen LogP contribution is -2.32. The number of likely N-dealkylation sites (tertiary alicyclic amines) is 1. The van der Waals surface area contributed by atoms with Crippen molar-refractivity contribution in [3.8, 4) is 6.07 Å². The van der Waals surface area contributed by atoms with Crippen LogP contribution in [0.25, 0.3) is 0 Å². The van der Waals surface area contributed by atoms with Gasteiger partial charge in [0.15, 0.2) is 0 Å². The van der Waals surface area contributed by atoms with Gasteiger partial charge in [-0.05, 0) is 31.5 Å². The average Bonchev–Trinajstić information content (AvgIpc) is 3.14. The highest BCUT2D eigenvalue weighted by atomic mass is 16.3. The number of nitrogens with zero attached hydrogens (tertiary/aromatic N) is 4. The van der Waals surface area contributed by atoms with Crippen LogP contribution in [0.15, 0.2) is 35.3 Å². The molecule has 5 nitrogen and oxygen atoms in total. The first kappa shape index (κ1) is 12.0. The molecule has 1 aliphatic rings. The maximum absolute atomic E-state index is 8.77. The summed E-state index contributed by atoms with van der Waals surface area (Å²) in [6.07, 6.45) is 8.08. The van der Waals surface area contributed by atoms with Gasteiger partial charge in [-0.1, -0.05) is 0 Å². The molecule has 1 saturated heterocycles. The van der Waals surface area contributed by atoms with Crippen molar-refractivity contribution in [1.29, 1.82) is 5.26 Å². The highest BCUT2D eigenvalue weighted by Crippen LogP contribution is 2.22. The molecule has 0 spiro atoms. The summed E-state index contributed by atoms with van der Waals surface area (Å²) in [4.78, 5) is 6.49. The van der Waals surface area contributed by atoms with Crippen LogP contribution >= 0.6 is 0 Å². The number of imidazole rings is 1. The highest BCUT2D eigenvalue weighted by molar-refractivity contribution is 5.19. The predicted octanol–water partition coefficient (Wildman–Crippen LogP) is 2.01. The first-order chi connectivity index (χ1) is 9.35. The van der Waals surface area contributed by atoms with E-state index in [9.17, 15) is 0 Å². The normalized spacial score (nSPS) is 19.6. The average molecular weight is 256 g/mol. The third-order valence-corrected chi connectivity index (χ3v) is 3.61. The van der Waals surface area contributed by atoms with Crippen LogP contribution in [0.5, 0.6) is 0 Å². The van der Waals surface area contributed by atoms with Crippen molar-refractivity contribution in [2.24, 2.45) is 0 Å². The summed E-state index contributed by atoms with van der Waals surface area (Å²) in [6.45, 7) is 2.83. The molecule has 2 aromatic rings. The van der Waals surface area contributed by atoms with Gasteiger partial charge >= 0.3 is 0 Å². The van der Waals surface area contributed by atoms with E-state index in [1.165, 1.54) is 12.8 Å². The van der Waals surface area contributed by atoms with Gasteiger partial charge in [0.25, 0.3) is 0 Å². The third-order valence-electron chi connectivity index (χ3n) is 3.61. The minimum atomic E-state index is 0.389. The summed E-state index contributed by atoms with van der Waals surface area (Å²) in [5, 5.41) is 8.77. The SMILES string of the molecule is N#Cc1ccc(CN2CCC[C@@H]2Cn2ccnc2)o1. The zero-order valence-electron chi connectivity index (χ0n) is 10.7. The number of nitriles is 1. The second-order valence-corrected chi connectivity index (χ2v) is 4.90. The highest BCUT2D eigenvalue weighted by Gasteiger charge is 2.25. The predicted molar refractivity (Wildman–Crippen MR) is 69.1 cm³/mol. The summed E-state index contributed by atoms with van der Waals surface area (Å²) in [5.74, 6) is 1.26. The summed E-state index contributed by atoms with van der Waals surface area (Å²) in [6, 6.07) is 6.17. The van der Waals surface area contributed by atoms with Gasteiger partial charge in [0.1, 0.15) is 11.8 Å². The van der Waals surface area contributed by atoms with E-state index in [0.717, 1.165) is 25.4 Å². The van der Waals surface area contributed by atoms with Crippen molar-refractivity contribution >= 4 is 0 Å². The molecule has 0 N–H and O–H groups in total. The fourth-order valence-electron chi connectivity index (χ4n) is 2.67. The van der Waals surface area contributed by atoms with E-state index in [2.05, 4.69) is 14.5 Å². The number of rotatable bonds is 4. The molecule has 1 fully saturated rings. The number of aromatic nitrogens is 2. The van der Waals surface area contributed by atoms with E-state index in [-0.39, 0.29) is 0 Å². The molecule has 0 bridgehead atoms. The molecule has 0 aromatic carbocycles. The van der Waals surface area contributed by atoms with Gasteiger partial charge in [-0.3, -0.25) is 4.90 Å². The molecule has 5 heteroatoms. The molecule has 1 atom stereocenters. The van der Waals surface area contributed by atoms with Crippen LogP contribution < -0.4 is 0 Å². The summed E-state index contributed by atoms with van der Waals surface area (Å²) in [5.41, 5.74) is 0. The minimum absolute atomic E-state index is 0.389. The molecule has 0 amide bonds. The van der Waals surface area contributed by atoms with Crippen LogP contribution in [-0.4, -0.2) is 27.0 Å². The topological polar surface area (TPSA) is 58.0 Å². The maximum Gasteiger partial charge on any atom is 0.203 e. The molecule has 3 heterocycles. The minimum Gasteiger partial charge on any atom is -0.449 e. The summed E-state index contributed by atoms with van der Waals surface area (Å²) < 4.78 is 7.57. The third kappa shape index (κ3) is 2.69. The molecule has 0 radical (unpaired) electrons. The largest absolute Gasteiger partial charge is 0.449 e. The van der Waals surface area contributed by atoms with Gasteiger partial charge in [0.05, 0.1) is 12.9 Å². The lowest BCUT2D eigenvalue weighted by atomic mass is 10.2. The molecule has 0 unspecified atom stereocenters. The van der Waals surface area contributed by atoms with Gasteiger partial charge in [-0.25, -0.2) is 4.98 Å². The smallest absolute Gasteiger partial charge is 0.203 e. The summed E-state index contributed by atoms with van der Waals surface area (Å²) >= 11 is 0. The number of furan rings is 1. The van der Waals surface area contributed by atoms with Crippen molar-refractivity contribution in [2.45, 2.75) is 32.0 Å². The fourth-order valence-corrected chi connectivity index (χ4v) is 2.67. The Morgan fingerprint density at radius 1 is 1.47 bits per heavy atom. The Bertz CT molecular complexity index is 567. The Hall–Kier alpha value is -2.06. The van der Waals surface area contributed by atoms with Gasteiger partial charge in [0, 0.05) is 25.0 Å². The van der Waals surface area contributed by atoms with Crippen molar-refractivity contribution in [3.63, 3.8) is 0 Å². The van der Waals surface area contributed by atoms with E-state index >= 15 is 0 Å². The van der Waals surface area contributed by atoms with E-state index in [1.54, 1.807) is 6.07 Å². The zero-order chi connectivity index (χ0) is 13.1. The Morgan fingerprint density at radius 3 is 3.16 bits per heavy atom. The zero-order valence-corrected chi connectivity index (χ0v) is 10.7. The van der Waals surface area contributed by atoms with Crippen molar-refractivity contribution in [2.75, 3.05) is 6.54 Å². The van der Waals surface area contributed by atoms with Crippen molar-refractivity contribution in [3.05, 3.63) is 42.4 Å². The van der Waals surface area contributed by atoms with Crippen LogP contribution in [0.4, 0.5) is 0 Å². The molecule has 0 saturated carbocycles. The first-order valence-corrected chi connectivity index (χ1v) is 6.54.